The number of nitrogens with one attached hydrogen (secondary N) is 1. The summed E-state index contributed by atoms with van der Waals surface area (Å²) in [7, 11) is 0. The monoisotopic (exact) mass is 388 g/mol. The summed E-state index contributed by atoms with van der Waals surface area (Å²) in [6, 6.07) is 19.9. The molecule has 0 bridgehead atoms. The summed E-state index contributed by atoms with van der Waals surface area (Å²) in [5, 5.41) is 8.01. The van der Waals surface area contributed by atoms with E-state index in [9.17, 15) is 14.0 Å². The molecule has 4 rings (SSSR count). The normalized spacial score (nSPS) is 10.8. The Labute approximate surface area is 165 Å². The number of halogens is 1. The molecule has 4 aromatic rings. The number of aromatic nitrogens is 3. The zero-order valence-electron chi connectivity index (χ0n) is 15.4. The van der Waals surface area contributed by atoms with Crippen molar-refractivity contribution in [2.24, 2.45) is 0 Å². The van der Waals surface area contributed by atoms with Gasteiger partial charge in [0.1, 0.15) is 11.5 Å². The van der Waals surface area contributed by atoms with Gasteiger partial charge in [-0.15, -0.1) is 0 Å². The Hall–Kier alpha value is -3.87. The van der Waals surface area contributed by atoms with Crippen LogP contribution in [0, 0.1) is 5.82 Å². The second-order valence-electron chi connectivity index (χ2n) is 6.43. The average molecular weight is 388 g/mol. The molecule has 0 radical (unpaired) electrons. The lowest BCUT2D eigenvalue weighted by Crippen LogP contribution is -2.32. The number of fused-ring (bicyclic) bond motifs is 1. The lowest BCUT2D eigenvalue weighted by molar-refractivity contribution is 0.0947. The summed E-state index contributed by atoms with van der Waals surface area (Å²) in [5.41, 5.74) is 2.01. The first-order chi connectivity index (χ1) is 14.1. The van der Waals surface area contributed by atoms with Gasteiger partial charge in [0.2, 0.25) is 0 Å². The lowest BCUT2D eigenvalue weighted by atomic mass is 10.1. The van der Waals surface area contributed by atoms with E-state index in [1.165, 1.54) is 22.9 Å². The third-order valence-corrected chi connectivity index (χ3v) is 4.45. The Morgan fingerprint density at radius 2 is 1.76 bits per heavy atom. The lowest BCUT2D eigenvalue weighted by Gasteiger charge is -2.09. The van der Waals surface area contributed by atoms with Crippen LogP contribution >= 0.6 is 0 Å². The first-order valence-corrected chi connectivity index (χ1v) is 9.08. The van der Waals surface area contributed by atoms with E-state index < -0.39 is 0 Å². The minimum absolute atomic E-state index is 0.202. The van der Waals surface area contributed by atoms with Crippen molar-refractivity contribution < 1.29 is 9.18 Å². The van der Waals surface area contributed by atoms with E-state index in [2.05, 4.69) is 15.4 Å². The van der Waals surface area contributed by atoms with Crippen LogP contribution in [0.1, 0.15) is 10.5 Å². The fourth-order valence-electron chi connectivity index (χ4n) is 2.94. The molecule has 0 fully saturated rings. The van der Waals surface area contributed by atoms with Crippen molar-refractivity contribution in [2.75, 3.05) is 6.54 Å². The van der Waals surface area contributed by atoms with E-state index in [0.717, 1.165) is 10.9 Å². The predicted octanol–water partition coefficient (Wildman–Crippen LogP) is 3.03. The molecular weight excluding hydrogens is 371 g/mol. The van der Waals surface area contributed by atoms with Gasteiger partial charge in [0.15, 0.2) is 0 Å². The highest BCUT2D eigenvalue weighted by atomic mass is 19.1. The van der Waals surface area contributed by atoms with E-state index in [1.807, 2.05) is 30.3 Å². The molecule has 2 aromatic carbocycles. The van der Waals surface area contributed by atoms with Crippen molar-refractivity contribution in [2.45, 2.75) is 6.54 Å². The summed E-state index contributed by atoms with van der Waals surface area (Å²) in [4.78, 5) is 28.8. The molecule has 2 heterocycles. The molecule has 2 aromatic heterocycles. The van der Waals surface area contributed by atoms with Gasteiger partial charge in [-0.2, -0.15) is 5.10 Å². The predicted molar refractivity (Wildman–Crippen MR) is 108 cm³/mol. The Bertz CT molecular complexity index is 1240. The van der Waals surface area contributed by atoms with Crippen molar-refractivity contribution in [1.82, 2.24) is 20.1 Å². The van der Waals surface area contributed by atoms with Gasteiger partial charge in [0.05, 0.1) is 17.8 Å². The Balaban J connectivity index is 1.44. The SMILES string of the molecule is O=C(NCCn1nc(-c2ccc(F)cc2)ccc1=O)c1ccc2ccccc2n1. The third kappa shape index (κ3) is 4.19. The topological polar surface area (TPSA) is 76.9 Å². The van der Waals surface area contributed by atoms with E-state index in [4.69, 9.17) is 0 Å². The number of nitrogens with zero attached hydrogens (tertiary/aromatic N) is 3. The van der Waals surface area contributed by atoms with Crippen LogP contribution in [0.5, 0.6) is 0 Å². The molecule has 0 unspecified atom stereocenters. The van der Waals surface area contributed by atoms with Crippen LogP contribution in [-0.2, 0) is 6.54 Å². The number of para-hydroxylation sites is 1. The highest BCUT2D eigenvalue weighted by Gasteiger charge is 2.09. The van der Waals surface area contributed by atoms with Gasteiger partial charge >= 0.3 is 0 Å². The minimum atomic E-state index is -0.341. The number of hydrogen-bond donors (Lipinski definition) is 1. The molecule has 0 aliphatic carbocycles. The highest BCUT2D eigenvalue weighted by molar-refractivity contribution is 5.94. The smallest absolute Gasteiger partial charge is 0.269 e. The summed E-state index contributed by atoms with van der Waals surface area (Å²) in [6.07, 6.45) is 0. The molecule has 0 atom stereocenters. The number of amides is 1. The average Bonchev–Trinajstić information content (AvgIpc) is 2.75. The molecule has 1 amide bonds. The van der Waals surface area contributed by atoms with E-state index in [-0.39, 0.29) is 30.4 Å². The molecule has 0 spiro atoms. The number of hydrogen-bond acceptors (Lipinski definition) is 4. The summed E-state index contributed by atoms with van der Waals surface area (Å²) < 4.78 is 14.4. The van der Waals surface area contributed by atoms with Gasteiger partial charge in [-0.05, 0) is 42.5 Å². The Morgan fingerprint density at radius 1 is 0.966 bits per heavy atom. The molecule has 0 saturated heterocycles. The zero-order valence-corrected chi connectivity index (χ0v) is 15.4. The summed E-state index contributed by atoms with van der Waals surface area (Å²) in [5.74, 6) is -0.662. The third-order valence-electron chi connectivity index (χ3n) is 4.45. The maximum absolute atomic E-state index is 13.1. The first kappa shape index (κ1) is 18.5. The van der Waals surface area contributed by atoms with Gasteiger partial charge in [-0.3, -0.25) is 9.59 Å². The van der Waals surface area contributed by atoms with Gasteiger partial charge in [-0.1, -0.05) is 24.3 Å². The van der Waals surface area contributed by atoms with Crippen LogP contribution in [0.25, 0.3) is 22.2 Å². The molecule has 0 aliphatic heterocycles. The maximum atomic E-state index is 13.1. The zero-order chi connectivity index (χ0) is 20.2. The number of carbonyl (C=O) groups excluding carboxylic acids is 1. The molecule has 0 saturated carbocycles. The fourth-order valence-corrected chi connectivity index (χ4v) is 2.94. The van der Waals surface area contributed by atoms with Crippen molar-refractivity contribution in [3.05, 3.63) is 94.7 Å². The molecule has 0 aliphatic rings. The molecule has 7 heteroatoms. The quantitative estimate of drug-likeness (QED) is 0.570. The summed E-state index contributed by atoms with van der Waals surface area (Å²) in [6.45, 7) is 0.417. The van der Waals surface area contributed by atoms with Gasteiger partial charge in [-0.25, -0.2) is 14.1 Å². The van der Waals surface area contributed by atoms with Crippen LogP contribution in [0.3, 0.4) is 0 Å². The number of pyridine rings is 1. The van der Waals surface area contributed by atoms with Gasteiger partial charge in [0.25, 0.3) is 11.5 Å². The second-order valence-corrected chi connectivity index (χ2v) is 6.43. The highest BCUT2D eigenvalue weighted by Crippen LogP contribution is 2.15. The number of rotatable bonds is 5. The van der Waals surface area contributed by atoms with Crippen LogP contribution in [-0.4, -0.2) is 27.2 Å². The van der Waals surface area contributed by atoms with Crippen molar-refractivity contribution in [3.8, 4) is 11.3 Å². The molecule has 29 heavy (non-hydrogen) atoms. The standard InChI is InChI=1S/C22H17FN4O2/c23-17-8-5-16(6-9-17)19-11-12-21(28)27(26-19)14-13-24-22(29)20-10-7-15-3-1-2-4-18(15)25-20/h1-12H,13-14H2,(H,24,29). The van der Waals surface area contributed by atoms with Crippen molar-refractivity contribution in [3.63, 3.8) is 0 Å². The Morgan fingerprint density at radius 3 is 2.59 bits per heavy atom. The van der Waals surface area contributed by atoms with Crippen molar-refractivity contribution >= 4 is 16.8 Å². The van der Waals surface area contributed by atoms with Crippen LogP contribution in [0.4, 0.5) is 4.39 Å². The minimum Gasteiger partial charge on any atom is -0.349 e. The first-order valence-electron chi connectivity index (χ1n) is 9.08. The van der Waals surface area contributed by atoms with Crippen LogP contribution < -0.4 is 10.9 Å². The summed E-state index contributed by atoms with van der Waals surface area (Å²) >= 11 is 0. The molecule has 1 N–H and O–H groups in total. The Kier molecular flexibility index (Phi) is 5.11. The van der Waals surface area contributed by atoms with E-state index in [0.29, 0.717) is 17.0 Å². The molecule has 6 nitrogen and oxygen atoms in total. The van der Waals surface area contributed by atoms with Crippen LogP contribution in [0.15, 0.2) is 77.6 Å². The molecule has 144 valence electrons. The van der Waals surface area contributed by atoms with E-state index in [1.54, 1.807) is 24.3 Å². The maximum Gasteiger partial charge on any atom is 0.269 e. The second kappa shape index (κ2) is 8.02. The number of carbonyl (C=O) groups is 1. The van der Waals surface area contributed by atoms with Crippen molar-refractivity contribution in [1.29, 1.82) is 0 Å². The molecular formula is C22H17FN4O2. The van der Waals surface area contributed by atoms with Crippen LogP contribution in [0.2, 0.25) is 0 Å². The van der Waals surface area contributed by atoms with E-state index >= 15 is 0 Å². The largest absolute Gasteiger partial charge is 0.349 e. The number of benzene rings is 2. The van der Waals surface area contributed by atoms with Gasteiger partial charge < -0.3 is 5.32 Å². The fraction of sp³-hybridized carbons (Fsp3) is 0.0909. The van der Waals surface area contributed by atoms with Gasteiger partial charge in [0, 0.05) is 23.6 Å².